The van der Waals surface area contributed by atoms with E-state index >= 15 is 0 Å². The lowest BCUT2D eigenvalue weighted by Gasteiger charge is -2.44. The Balaban J connectivity index is 2.04. The fourth-order valence-electron chi connectivity index (χ4n) is 3.62. The van der Waals surface area contributed by atoms with Gasteiger partial charge in [-0.25, -0.2) is 0 Å². The van der Waals surface area contributed by atoms with Crippen LogP contribution in [0.5, 0.6) is 0 Å². The molecule has 0 aromatic heterocycles. The van der Waals surface area contributed by atoms with Gasteiger partial charge in [0, 0.05) is 18.6 Å². The normalized spacial score (nSPS) is 32.3. The van der Waals surface area contributed by atoms with Crippen molar-refractivity contribution in [3.05, 3.63) is 0 Å². The Labute approximate surface area is 111 Å². The van der Waals surface area contributed by atoms with Gasteiger partial charge in [0.1, 0.15) is 0 Å². The summed E-state index contributed by atoms with van der Waals surface area (Å²) in [4.78, 5) is 14.7. The summed E-state index contributed by atoms with van der Waals surface area (Å²) >= 11 is 0. The fourth-order valence-corrected chi connectivity index (χ4v) is 3.62. The Kier molecular flexibility index (Phi) is 4.00. The summed E-state index contributed by atoms with van der Waals surface area (Å²) in [6.07, 6.45) is 6.01. The quantitative estimate of drug-likeness (QED) is 0.837. The van der Waals surface area contributed by atoms with E-state index < -0.39 is 0 Å². The molecule has 1 aliphatic carbocycles. The maximum atomic E-state index is 12.5. The molecule has 0 aromatic carbocycles. The van der Waals surface area contributed by atoms with Crippen LogP contribution in [0.25, 0.3) is 0 Å². The number of amides is 1. The average Bonchev–Trinajstić information content (AvgIpc) is 2.60. The van der Waals surface area contributed by atoms with Gasteiger partial charge in [-0.1, -0.05) is 40.5 Å². The maximum absolute atomic E-state index is 12.5. The van der Waals surface area contributed by atoms with Gasteiger partial charge >= 0.3 is 0 Å². The van der Waals surface area contributed by atoms with Crippen molar-refractivity contribution in [1.29, 1.82) is 0 Å². The third-order valence-corrected chi connectivity index (χ3v) is 4.60. The minimum atomic E-state index is 0.0581. The van der Waals surface area contributed by atoms with E-state index in [2.05, 4.69) is 37.9 Å². The van der Waals surface area contributed by atoms with Gasteiger partial charge in [-0.15, -0.1) is 0 Å². The smallest absolute Gasteiger partial charge is 0.240 e. The van der Waals surface area contributed by atoms with Crippen LogP contribution in [0.3, 0.4) is 0 Å². The molecule has 1 N–H and O–H groups in total. The molecule has 2 aliphatic rings. The molecule has 2 rings (SSSR count). The zero-order chi connectivity index (χ0) is 13.3. The largest absolute Gasteiger partial charge is 0.338 e. The highest BCUT2D eigenvalue weighted by molar-refractivity contribution is 5.84. The van der Waals surface area contributed by atoms with E-state index in [0.29, 0.717) is 23.4 Å². The molecule has 0 bridgehead atoms. The van der Waals surface area contributed by atoms with Crippen molar-refractivity contribution in [1.82, 2.24) is 10.2 Å². The zero-order valence-electron chi connectivity index (χ0n) is 12.3. The van der Waals surface area contributed by atoms with Crippen LogP contribution in [0.1, 0.15) is 59.8 Å². The van der Waals surface area contributed by atoms with Crippen LogP contribution < -0.4 is 5.32 Å². The molecule has 18 heavy (non-hydrogen) atoms. The van der Waals surface area contributed by atoms with E-state index in [9.17, 15) is 4.79 Å². The second-order valence-corrected chi connectivity index (χ2v) is 6.94. The molecule has 1 amide bonds. The van der Waals surface area contributed by atoms with Crippen LogP contribution in [0.2, 0.25) is 0 Å². The van der Waals surface area contributed by atoms with Crippen LogP contribution in [0.4, 0.5) is 0 Å². The summed E-state index contributed by atoms with van der Waals surface area (Å²) in [5.41, 5.74) is 0.292. The SMILES string of the molecule is CC(C)NC1CCN(C2CCCCC2(C)C)C1=O. The Morgan fingerprint density at radius 2 is 2.00 bits per heavy atom. The van der Waals surface area contributed by atoms with Gasteiger partial charge in [-0.2, -0.15) is 0 Å². The summed E-state index contributed by atoms with van der Waals surface area (Å²) in [7, 11) is 0. The van der Waals surface area contributed by atoms with E-state index in [1.54, 1.807) is 0 Å². The molecule has 1 heterocycles. The Morgan fingerprint density at radius 1 is 1.28 bits per heavy atom. The third kappa shape index (κ3) is 2.71. The van der Waals surface area contributed by atoms with Crippen LogP contribution >= 0.6 is 0 Å². The highest BCUT2D eigenvalue weighted by atomic mass is 16.2. The van der Waals surface area contributed by atoms with Crippen molar-refractivity contribution < 1.29 is 4.79 Å². The van der Waals surface area contributed by atoms with Crippen molar-refractivity contribution in [3.63, 3.8) is 0 Å². The second-order valence-electron chi connectivity index (χ2n) is 6.94. The van der Waals surface area contributed by atoms with Crippen LogP contribution in [-0.2, 0) is 4.79 Å². The molecular formula is C15H28N2O. The molecule has 1 aliphatic heterocycles. The first-order valence-corrected chi connectivity index (χ1v) is 7.48. The predicted octanol–water partition coefficient (Wildman–Crippen LogP) is 2.55. The number of hydrogen-bond donors (Lipinski definition) is 1. The molecular weight excluding hydrogens is 224 g/mol. The molecule has 0 radical (unpaired) electrons. The first-order valence-electron chi connectivity index (χ1n) is 7.48. The maximum Gasteiger partial charge on any atom is 0.240 e. The van der Waals surface area contributed by atoms with Gasteiger partial charge in [0.2, 0.25) is 5.91 Å². The molecule has 0 aromatic rings. The number of carbonyl (C=O) groups is 1. The first kappa shape index (κ1) is 13.9. The molecule has 2 atom stereocenters. The summed E-state index contributed by atoms with van der Waals surface area (Å²) in [6.45, 7) is 9.82. The number of likely N-dealkylation sites (tertiary alicyclic amines) is 1. The predicted molar refractivity (Wildman–Crippen MR) is 74.4 cm³/mol. The van der Waals surface area contributed by atoms with E-state index in [1.165, 1.54) is 25.7 Å². The lowest BCUT2D eigenvalue weighted by atomic mass is 9.72. The van der Waals surface area contributed by atoms with E-state index in [4.69, 9.17) is 0 Å². The van der Waals surface area contributed by atoms with Gasteiger partial charge in [-0.3, -0.25) is 4.79 Å². The number of hydrogen-bond acceptors (Lipinski definition) is 2. The molecule has 1 saturated carbocycles. The van der Waals surface area contributed by atoms with Crippen molar-refractivity contribution in [2.24, 2.45) is 5.41 Å². The monoisotopic (exact) mass is 252 g/mol. The average molecular weight is 252 g/mol. The number of carbonyl (C=O) groups excluding carboxylic acids is 1. The number of nitrogens with one attached hydrogen (secondary N) is 1. The van der Waals surface area contributed by atoms with Crippen molar-refractivity contribution >= 4 is 5.91 Å². The van der Waals surface area contributed by atoms with Gasteiger partial charge < -0.3 is 10.2 Å². The molecule has 104 valence electrons. The minimum Gasteiger partial charge on any atom is -0.338 e. The van der Waals surface area contributed by atoms with Gasteiger partial charge in [-0.05, 0) is 24.7 Å². The lowest BCUT2D eigenvalue weighted by Crippen LogP contribution is -2.50. The summed E-state index contributed by atoms with van der Waals surface area (Å²) in [5, 5.41) is 3.40. The molecule has 3 nitrogen and oxygen atoms in total. The van der Waals surface area contributed by atoms with Crippen molar-refractivity contribution in [2.45, 2.75) is 77.9 Å². The summed E-state index contributed by atoms with van der Waals surface area (Å²) in [6, 6.07) is 0.902. The Hall–Kier alpha value is -0.570. The highest BCUT2D eigenvalue weighted by Crippen LogP contribution is 2.40. The molecule has 3 heteroatoms. The number of nitrogens with zero attached hydrogens (tertiary/aromatic N) is 1. The Morgan fingerprint density at radius 3 is 2.61 bits per heavy atom. The molecule has 0 spiro atoms. The van der Waals surface area contributed by atoms with Crippen molar-refractivity contribution in [3.8, 4) is 0 Å². The highest BCUT2D eigenvalue weighted by Gasteiger charge is 2.43. The summed E-state index contributed by atoms with van der Waals surface area (Å²) < 4.78 is 0. The fraction of sp³-hybridized carbons (Fsp3) is 0.933. The van der Waals surface area contributed by atoms with Crippen molar-refractivity contribution in [2.75, 3.05) is 6.54 Å². The molecule has 2 fully saturated rings. The summed E-state index contributed by atoms with van der Waals surface area (Å²) in [5.74, 6) is 0.337. The minimum absolute atomic E-state index is 0.0581. The zero-order valence-corrected chi connectivity index (χ0v) is 12.3. The van der Waals surface area contributed by atoms with E-state index in [-0.39, 0.29) is 6.04 Å². The Bertz CT molecular complexity index is 312. The van der Waals surface area contributed by atoms with Gasteiger partial charge in [0.15, 0.2) is 0 Å². The lowest BCUT2D eigenvalue weighted by molar-refractivity contribution is -0.134. The second kappa shape index (κ2) is 5.20. The van der Waals surface area contributed by atoms with Crippen LogP contribution in [-0.4, -0.2) is 35.5 Å². The first-order chi connectivity index (χ1) is 8.42. The van der Waals surface area contributed by atoms with Crippen LogP contribution in [0.15, 0.2) is 0 Å². The van der Waals surface area contributed by atoms with Gasteiger partial charge in [0.05, 0.1) is 6.04 Å². The topological polar surface area (TPSA) is 32.3 Å². The molecule has 2 unspecified atom stereocenters. The standard InChI is InChI=1S/C15H28N2O/c1-11(2)16-12-8-10-17(14(12)18)13-7-5-6-9-15(13,3)4/h11-13,16H,5-10H2,1-4H3. The molecule has 1 saturated heterocycles. The van der Waals surface area contributed by atoms with Crippen LogP contribution in [0, 0.1) is 5.41 Å². The van der Waals surface area contributed by atoms with Gasteiger partial charge in [0.25, 0.3) is 0 Å². The van der Waals surface area contributed by atoms with E-state index in [1.807, 2.05) is 0 Å². The number of rotatable bonds is 3. The van der Waals surface area contributed by atoms with E-state index in [0.717, 1.165) is 13.0 Å². The third-order valence-electron chi connectivity index (χ3n) is 4.60.